The van der Waals surface area contributed by atoms with Crippen molar-refractivity contribution in [3.8, 4) is 0 Å². The number of carbonyl (C=O) groups is 1. The van der Waals surface area contributed by atoms with Gasteiger partial charge < -0.3 is 8.85 Å². The summed E-state index contributed by atoms with van der Waals surface area (Å²) in [6.07, 6.45) is 2.04. The zero-order chi connectivity index (χ0) is 19.2. The van der Waals surface area contributed by atoms with Gasteiger partial charge in [0, 0.05) is 26.2 Å². The number of nitrogens with zero attached hydrogens (tertiary/aromatic N) is 1. The lowest BCUT2D eigenvalue weighted by atomic mass is 10.1. The normalized spacial score (nSPS) is 14.6. The molecule has 144 valence electrons. The lowest BCUT2D eigenvalue weighted by Gasteiger charge is -2.37. The number of amides is 1. The third kappa shape index (κ3) is 9.31. The number of hydrogen-bond acceptors (Lipinski definition) is 4. The average Bonchev–Trinajstić information content (AvgIpc) is 2.40. The minimum Gasteiger partial charge on any atom is -0.417 e. The first-order valence-electron chi connectivity index (χ1n) is 8.82. The van der Waals surface area contributed by atoms with E-state index < -0.39 is 16.6 Å². The molecule has 0 radical (unpaired) electrons. The molecule has 0 unspecified atom stereocenters. The van der Waals surface area contributed by atoms with Gasteiger partial charge in [0.1, 0.15) is 0 Å². The third-order valence-corrected chi connectivity index (χ3v) is 10.1. The molecule has 7 heteroatoms. The van der Waals surface area contributed by atoms with Crippen LogP contribution in [0.5, 0.6) is 0 Å². The van der Waals surface area contributed by atoms with Crippen molar-refractivity contribution in [2.24, 2.45) is 0 Å². The summed E-state index contributed by atoms with van der Waals surface area (Å²) in [5.74, 6) is -0.0213. The van der Waals surface area contributed by atoms with Gasteiger partial charge in [-0.2, -0.15) is 0 Å². The lowest BCUT2D eigenvalue weighted by Crippen LogP contribution is -2.42. The molecule has 0 spiro atoms. The van der Waals surface area contributed by atoms with E-state index in [4.69, 9.17) is 13.7 Å². The van der Waals surface area contributed by atoms with Gasteiger partial charge in [-0.3, -0.25) is 9.63 Å². The average molecular weight is 378 g/mol. The Morgan fingerprint density at radius 1 is 1.08 bits per heavy atom. The summed E-state index contributed by atoms with van der Waals surface area (Å²) in [7, 11) is -0.262. The Kier molecular flexibility index (Phi) is 9.39. The predicted octanol–water partition coefficient (Wildman–Crippen LogP) is 4.42. The number of hydrogen-bond donors (Lipinski definition) is 0. The Labute approximate surface area is 151 Å². The van der Waals surface area contributed by atoms with Crippen molar-refractivity contribution < 1.29 is 18.5 Å². The zero-order valence-corrected chi connectivity index (χ0v) is 19.5. The zero-order valence-electron chi connectivity index (χ0n) is 17.5. The van der Waals surface area contributed by atoms with Crippen molar-refractivity contribution in [2.75, 3.05) is 20.8 Å². The highest BCUT2D eigenvalue weighted by Gasteiger charge is 2.37. The standard InChI is InChI=1S/C17H39NO4Si2/c1-17(2,3)24(9,10)21-14-13-15(22-23(6,7)8)11-12-16(19)18(4)20-5/h15H,11-14H2,1-10H3/t15-/m0/s1. The quantitative estimate of drug-likeness (QED) is 0.418. The molecular weight excluding hydrogens is 338 g/mol. The Balaban J connectivity index is 4.61. The van der Waals surface area contributed by atoms with E-state index in [0.29, 0.717) is 19.4 Å². The van der Waals surface area contributed by atoms with E-state index in [9.17, 15) is 4.79 Å². The summed E-state index contributed by atoms with van der Waals surface area (Å²) in [5, 5.41) is 1.48. The van der Waals surface area contributed by atoms with Crippen LogP contribution in [0.3, 0.4) is 0 Å². The van der Waals surface area contributed by atoms with Gasteiger partial charge in [-0.25, -0.2) is 5.06 Å². The van der Waals surface area contributed by atoms with Crippen LogP contribution in [0.25, 0.3) is 0 Å². The second-order valence-electron chi connectivity index (χ2n) is 8.86. The molecule has 5 nitrogen and oxygen atoms in total. The molecule has 0 N–H and O–H groups in total. The smallest absolute Gasteiger partial charge is 0.245 e. The molecule has 0 rings (SSSR count). The van der Waals surface area contributed by atoms with Gasteiger partial charge >= 0.3 is 0 Å². The van der Waals surface area contributed by atoms with E-state index in [0.717, 1.165) is 6.42 Å². The maximum absolute atomic E-state index is 11.9. The van der Waals surface area contributed by atoms with Gasteiger partial charge in [0.05, 0.1) is 7.11 Å². The van der Waals surface area contributed by atoms with E-state index in [2.05, 4.69) is 53.5 Å². The second-order valence-corrected chi connectivity index (χ2v) is 18.1. The van der Waals surface area contributed by atoms with Gasteiger partial charge in [0.25, 0.3) is 0 Å². The van der Waals surface area contributed by atoms with Crippen LogP contribution in [0.4, 0.5) is 0 Å². The first-order chi connectivity index (χ1) is 10.7. The van der Waals surface area contributed by atoms with Crippen LogP contribution in [-0.2, 0) is 18.5 Å². The third-order valence-electron chi connectivity index (χ3n) is 4.53. The topological polar surface area (TPSA) is 48.0 Å². The Morgan fingerprint density at radius 3 is 2.04 bits per heavy atom. The molecule has 0 saturated carbocycles. The van der Waals surface area contributed by atoms with Crippen LogP contribution in [0.1, 0.15) is 40.0 Å². The van der Waals surface area contributed by atoms with Crippen molar-refractivity contribution in [1.29, 1.82) is 0 Å². The molecule has 0 saturated heterocycles. The highest BCUT2D eigenvalue weighted by Crippen LogP contribution is 2.36. The highest BCUT2D eigenvalue weighted by molar-refractivity contribution is 6.74. The van der Waals surface area contributed by atoms with E-state index in [1.807, 2.05) is 0 Å². The number of carbonyl (C=O) groups excluding carboxylic acids is 1. The van der Waals surface area contributed by atoms with Gasteiger partial charge in [0.15, 0.2) is 16.6 Å². The van der Waals surface area contributed by atoms with Crippen LogP contribution in [-0.4, -0.2) is 54.5 Å². The van der Waals surface area contributed by atoms with Crippen molar-refractivity contribution in [2.45, 2.75) is 83.9 Å². The van der Waals surface area contributed by atoms with Gasteiger partial charge in [-0.05, 0) is 50.6 Å². The molecule has 1 amide bonds. The first kappa shape index (κ1) is 23.8. The minimum absolute atomic E-state index is 0.0213. The van der Waals surface area contributed by atoms with Gasteiger partial charge in [-0.1, -0.05) is 20.8 Å². The first-order valence-corrected chi connectivity index (χ1v) is 15.1. The molecular formula is C17H39NO4Si2. The Morgan fingerprint density at radius 2 is 1.62 bits per heavy atom. The molecule has 0 aromatic heterocycles. The van der Waals surface area contributed by atoms with Crippen LogP contribution in [0.15, 0.2) is 0 Å². The Hall–Kier alpha value is -0.216. The maximum atomic E-state index is 11.9. The number of rotatable bonds is 10. The van der Waals surface area contributed by atoms with Crippen LogP contribution < -0.4 is 0 Å². The molecule has 0 heterocycles. The summed E-state index contributed by atoms with van der Waals surface area (Å²) < 4.78 is 12.5. The van der Waals surface area contributed by atoms with Crippen molar-refractivity contribution >= 4 is 22.5 Å². The summed E-state index contributed by atoms with van der Waals surface area (Å²) >= 11 is 0. The SMILES string of the molecule is CON(C)C(=O)CC[C@@H](CCO[Si](C)(C)C(C)(C)C)O[Si](C)(C)C. The van der Waals surface area contributed by atoms with Crippen LogP contribution in [0, 0.1) is 0 Å². The maximum Gasteiger partial charge on any atom is 0.245 e. The van der Waals surface area contributed by atoms with Crippen molar-refractivity contribution in [3.63, 3.8) is 0 Å². The fraction of sp³-hybridized carbons (Fsp3) is 0.941. The molecule has 0 aromatic carbocycles. The fourth-order valence-electron chi connectivity index (χ4n) is 1.97. The van der Waals surface area contributed by atoms with E-state index in [-0.39, 0.29) is 17.0 Å². The molecule has 0 aliphatic heterocycles. The lowest BCUT2D eigenvalue weighted by molar-refractivity contribution is -0.169. The molecule has 24 heavy (non-hydrogen) atoms. The minimum atomic E-state index is -1.74. The van der Waals surface area contributed by atoms with E-state index in [1.54, 1.807) is 7.05 Å². The predicted molar refractivity (Wildman–Crippen MR) is 105 cm³/mol. The summed E-state index contributed by atoms with van der Waals surface area (Å²) in [6.45, 7) is 18.5. The molecule has 1 atom stereocenters. The number of hydroxylamine groups is 2. The molecule has 0 aliphatic rings. The van der Waals surface area contributed by atoms with E-state index >= 15 is 0 Å². The van der Waals surface area contributed by atoms with Crippen molar-refractivity contribution in [3.05, 3.63) is 0 Å². The second kappa shape index (κ2) is 9.47. The largest absolute Gasteiger partial charge is 0.417 e. The van der Waals surface area contributed by atoms with E-state index in [1.165, 1.54) is 12.2 Å². The fourth-order valence-corrected chi connectivity index (χ4v) is 4.26. The van der Waals surface area contributed by atoms with Gasteiger partial charge in [0.2, 0.25) is 5.91 Å². The summed E-state index contributed by atoms with van der Waals surface area (Å²) in [6, 6.07) is 0. The molecule has 0 aromatic rings. The van der Waals surface area contributed by atoms with Crippen LogP contribution >= 0.6 is 0 Å². The summed E-state index contributed by atoms with van der Waals surface area (Å²) in [5.41, 5.74) is 0. The molecule has 0 bridgehead atoms. The highest BCUT2D eigenvalue weighted by atomic mass is 28.4. The summed E-state index contributed by atoms with van der Waals surface area (Å²) in [4.78, 5) is 16.9. The molecule has 0 aliphatic carbocycles. The monoisotopic (exact) mass is 377 g/mol. The van der Waals surface area contributed by atoms with Gasteiger partial charge in [-0.15, -0.1) is 0 Å². The van der Waals surface area contributed by atoms with Crippen molar-refractivity contribution in [1.82, 2.24) is 5.06 Å². The molecule has 0 fully saturated rings. The Bertz CT molecular complexity index is 389. The van der Waals surface area contributed by atoms with Crippen LogP contribution in [0.2, 0.25) is 37.8 Å².